The molecule has 4 aromatic rings. The fourth-order valence-electron chi connectivity index (χ4n) is 3.71. The van der Waals surface area contributed by atoms with Gasteiger partial charge in [0.05, 0.1) is 11.2 Å². The minimum absolute atomic E-state index is 0. The van der Waals surface area contributed by atoms with E-state index in [0.29, 0.717) is 0 Å². The van der Waals surface area contributed by atoms with Crippen LogP contribution >= 0.6 is 0 Å². The van der Waals surface area contributed by atoms with Crippen LogP contribution in [0.25, 0.3) is 27.8 Å². The quantitative estimate of drug-likeness (QED) is 0.180. The summed E-state index contributed by atoms with van der Waals surface area (Å²) < 4.78 is 2.41. The number of fused-ring (bicyclic) bond motifs is 5. The zero-order valence-corrected chi connectivity index (χ0v) is 19.3. The Balaban J connectivity index is 0.000000845. The molecule has 0 saturated heterocycles. The molecule has 0 saturated carbocycles. The van der Waals surface area contributed by atoms with Crippen molar-refractivity contribution in [2.45, 2.75) is 6.42 Å². The van der Waals surface area contributed by atoms with E-state index in [2.05, 4.69) is 83.4 Å². The zero-order chi connectivity index (χ0) is 14.5. The zero-order valence-electron chi connectivity index (χ0n) is 15.7. The van der Waals surface area contributed by atoms with E-state index >= 15 is 0 Å². The van der Waals surface area contributed by atoms with Gasteiger partial charge in [-0.15, -0.1) is 0 Å². The van der Waals surface area contributed by atoms with E-state index < -0.39 is 0 Å². The molecule has 0 amide bonds. The first-order chi connectivity index (χ1) is 10.9. The second-order valence-corrected chi connectivity index (χ2v) is 5.85. The van der Waals surface area contributed by atoms with E-state index in [4.69, 9.17) is 0 Å². The summed E-state index contributed by atoms with van der Waals surface area (Å²) in [6.45, 7) is 0. The van der Waals surface area contributed by atoms with Crippen molar-refractivity contribution in [1.82, 2.24) is 4.57 Å². The molecule has 0 bridgehead atoms. The summed E-state index contributed by atoms with van der Waals surface area (Å²) in [7, 11) is 0. The van der Waals surface area contributed by atoms with E-state index in [9.17, 15) is 0 Å². The number of hydrogen-bond acceptors (Lipinski definition) is 0. The van der Waals surface area contributed by atoms with Gasteiger partial charge < -0.3 is 26.8 Å². The number of para-hydroxylation sites is 2. The van der Waals surface area contributed by atoms with Gasteiger partial charge in [-0.1, -0.05) is 60.7 Å². The first-order valence-electron chi connectivity index (χ1n) is 7.69. The Morgan fingerprint density at radius 2 is 1.27 bits per heavy atom. The number of nitrogens with zero attached hydrogens (tertiary/aromatic N) is 1. The molecule has 132 valence electrons. The fraction of sp³-hybridized carbons (Fsp3) is 0.0417. The third-order valence-electron chi connectivity index (χ3n) is 4.63. The second-order valence-electron chi connectivity index (χ2n) is 5.85. The van der Waals surface area contributed by atoms with Crippen molar-refractivity contribution in [3.05, 3.63) is 112 Å². The Bertz CT molecular complexity index is 999. The molecule has 3 aromatic carbocycles. The topological polar surface area (TPSA) is 4.93 Å². The van der Waals surface area contributed by atoms with Gasteiger partial charge in [0.25, 0.3) is 0 Å². The molecule has 26 heavy (non-hydrogen) atoms. The Hall–Kier alpha value is -1.93. The van der Waals surface area contributed by atoms with E-state index in [1.807, 2.05) is 0 Å². The normalized spacial score (nSPS) is 10.5. The molecule has 1 aliphatic carbocycles. The van der Waals surface area contributed by atoms with Crippen molar-refractivity contribution < 1.29 is 25.8 Å². The largest absolute Gasteiger partial charge is 0.358 e. The van der Waals surface area contributed by atoms with Gasteiger partial charge >= 0.3 is 0 Å². The molecule has 5 rings (SSSR count). The van der Waals surface area contributed by atoms with Gasteiger partial charge in [-0.25, -0.2) is 0 Å². The summed E-state index contributed by atoms with van der Waals surface area (Å²) in [6.07, 6.45) is 1.03. The average Bonchev–Trinajstić information content (AvgIpc) is 3.10. The molecule has 1 aromatic heterocycles. The fourth-order valence-corrected chi connectivity index (χ4v) is 3.71. The van der Waals surface area contributed by atoms with Crippen LogP contribution in [-0.4, -0.2) is 4.57 Å². The van der Waals surface area contributed by atoms with E-state index in [1.165, 1.54) is 39.0 Å². The number of rotatable bonds is 1. The van der Waals surface area contributed by atoms with Gasteiger partial charge in [0, 0.05) is 48.9 Å². The average molecular weight is 505 g/mol. The maximum atomic E-state index is 2.41. The minimum atomic E-state index is 0. The molecular formula is C24H24HfN-3. The van der Waals surface area contributed by atoms with Crippen molar-refractivity contribution in [1.29, 1.82) is 0 Å². The number of aromatic nitrogens is 1. The summed E-state index contributed by atoms with van der Waals surface area (Å²) in [6, 6.07) is 28.2. The van der Waals surface area contributed by atoms with Gasteiger partial charge in [0.1, 0.15) is 0 Å². The van der Waals surface area contributed by atoms with Gasteiger partial charge in [-0.2, -0.15) is 0 Å². The summed E-state index contributed by atoms with van der Waals surface area (Å²) in [5, 5.41) is 1.37. The van der Waals surface area contributed by atoms with Crippen LogP contribution in [0.1, 0.15) is 11.1 Å². The van der Waals surface area contributed by atoms with Crippen LogP contribution < -0.4 is 0 Å². The first-order valence-corrected chi connectivity index (χ1v) is 7.69. The monoisotopic (exact) mass is 506 g/mol. The molecule has 0 aliphatic heterocycles. The Labute approximate surface area is 176 Å². The smallest absolute Gasteiger partial charge is 0.0579 e. The Kier molecular flexibility index (Phi) is 7.35. The van der Waals surface area contributed by atoms with Gasteiger partial charge in [0.15, 0.2) is 0 Å². The molecule has 1 heterocycles. The van der Waals surface area contributed by atoms with Gasteiger partial charge in [-0.3, -0.25) is 0 Å². The molecule has 0 fully saturated rings. The van der Waals surface area contributed by atoms with Crippen LogP contribution in [0, 0.1) is 22.3 Å². The molecular weight excluding hydrogens is 481 g/mol. The third kappa shape index (κ3) is 3.12. The summed E-state index contributed by atoms with van der Waals surface area (Å²) >= 11 is 0. The Morgan fingerprint density at radius 1 is 0.654 bits per heavy atom. The number of benzene rings is 3. The van der Waals surface area contributed by atoms with Crippen molar-refractivity contribution >= 4 is 10.9 Å². The van der Waals surface area contributed by atoms with Crippen molar-refractivity contribution in [3.8, 4) is 16.9 Å². The van der Waals surface area contributed by atoms with Crippen LogP contribution in [0.15, 0.2) is 78.9 Å². The van der Waals surface area contributed by atoms with E-state index in [1.54, 1.807) is 0 Å². The minimum Gasteiger partial charge on any atom is -0.358 e. The van der Waals surface area contributed by atoms with Gasteiger partial charge in [0.2, 0.25) is 0 Å². The third-order valence-corrected chi connectivity index (χ3v) is 4.63. The van der Waals surface area contributed by atoms with Crippen molar-refractivity contribution in [2.75, 3.05) is 0 Å². The molecule has 1 nitrogen and oxygen atoms in total. The number of hydrogen-bond donors (Lipinski definition) is 0. The summed E-state index contributed by atoms with van der Waals surface area (Å²) in [4.78, 5) is 0. The van der Waals surface area contributed by atoms with Crippen LogP contribution in [0.4, 0.5) is 0 Å². The maximum Gasteiger partial charge on any atom is 0.0579 e. The van der Waals surface area contributed by atoms with E-state index in [0.717, 1.165) is 6.42 Å². The van der Waals surface area contributed by atoms with Gasteiger partial charge in [-0.05, 0) is 29.3 Å². The predicted molar refractivity (Wildman–Crippen MR) is 111 cm³/mol. The molecule has 0 unspecified atom stereocenters. The molecule has 0 N–H and O–H groups in total. The standard InChI is InChI=1S/C21H15N.3CH3.Hf/c1-2-9-16(10-3-1)22-20-13-7-6-12-18(20)19-14-15-8-4-5-11-17(15)21(19)22;;;;/h1-13H,14H2;3*1H3;/q;3*-1;. The van der Waals surface area contributed by atoms with Crippen LogP contribution in [-0.2, 0) is 32.3 Å². The molecule has 0 spiro atoms. The second kappa shape index (κ2) is 8.64. The van der Waals surface area contributed by atoms with Crippen LogP contribution in [0.3, 0.4) is 0 Å². The summed E-state index contributed by atoms with van der Waals surface area (Å²) in [5.74, 6) is 0. The maximum absolute atomic E-state index is 2.41. The van der Waals surface area contributed by atoms with Crippen LogP contribution in [0.2, 0.25) is 0 Å². The SMILES string of the molecule is [CH3-].[CH3-].[CH3-].[Hf].c1ccc(-n2c3c(c4ccccc42)Cc2ccccc2-3)cc1. The molecule has 2 heteroatoms. The summed E-state index contributed by atoms with van der Waals surface area (Å²) in [5.41, 5.74) is 8.16. The Morgan fingerprint density at radius 3 is 2.04 bits per heavy atom. The molecule has 1 aliphatic rings. The van der Waals surface area contributed by atoms with Crippen molar-refractivity contribution in [3.63, 3.8) is 0 Å². The molecule has 0 radical (unpaired) electrons. The van der Waals surface area contributed by atoms with E-state index in [-0.39, 0.29) is 48.1 Å². The first kappa shape index (κ1) is 22.1. The predicted octanol–water partition coefficient (Wildman–Crippen LogP) is 6.55. The van der Waals surface area contributed by atoms with Crippen molar-refractivity contribution in [2.24, 2.45) is 0 Å². The molecule has 0 atom stereocenters. The van der Waals surface area contributed by atoms with Crippen LogP contribution in [0.5, 0.6) is 0 Å².